The van der Waals surface area contributed by atoms with E-state index in [9.17, 15) is 0 Å². The summed E-state index contributed by atoms with van der Waals surface area (Å²) in [6.45, 7) is 7.66. The van der Waals surface area contributed by atoms with E-state index in [1.54, 1.807) is 0 Å². The first-order valence-corrected chi connectivity index (χ1v) is 7.04. The molecule has 100 valence electrons. The highest BCUT2D eigenvalue weighted by molar-refractivity contribution is 5.51. The third kappa shape index (κ3) is 4.18. The van der Waals surface area contributed by atoms with Crippen molar-refractivity contribution >= 4 is 11.5 Å². The van der Waals surface area contributed by atoms with Crippen molar-refractivity contribution in [3.05, 3.63) is 18.3 Å². The summed E-state index contributed by atoms with van der Waals surface area (Å²) >= 11 is 0. The van der Waals surface area contributed by atoms with Crippen LogP contribution < -0.4 is 10.6 Å². The summed E-state index contributed by atoms with van der Waals surface area (Å²) in [4.78, 5) is 6.81. The Balaban J connectivity index is 1.73. The third-order valence-electron chi connectivity index (χ3n) is 3.32. The zero-order valence-electron chi connectivity index (χ0n) is 11.3. The molecule has 0 aromatic carbocycles. The Labute approximate surface area is 110 Å². The Hall–Kier alpha value is -1.29. The molecular weight excluding hydrogens is 224 g/mol. The van der Waals surface area contributed by atoms with Crippen LogP contribution in [0, 0.1) is 0 Å². The lowest BCUT2D eigenvalue weighted by Gasteiger charge is -2.26. The fourth-order valence-corrected chi connectivity index (χ4v) is 2.36. The molecule has 0 bridgehead atoms. The molecule has 1 saturated heterocycles. The molecular formula is C14H24N4. The van der Waals surface area contributed by atoms with Crippen LogP contribution in [0.4, 0.5) is 11.5 Å². The van der Waals surface area contributed by atoms with Crippen molar-refractivity contribution in [2.24, 2.45) is 0 Å². The second-order valence-corrected chi connectivity index (χ2v) is 4.79. The predicted molar refractivity (Wildman–Crippen MR) is 77.2 cm³/mol. The van der Waals surface area contributed by atoms with Crippen molar-refractivity contribution in [3.8, 4) is 0 Å². The molecule has 1 aliphatic heterocycles. The second kappa shape index (κ2) is 7.21. The van der Waals surface area contributed by atoms with Crippen molar-refractivity contribution < 1.29 is 0 Å². The Morgan fingerprint density at radius 1 is 1.22 bits per heavy atom. The molecule has 0 aliphatic carbocycles. The molecule has 4 nitrogen and oxygen atoms in total. The molecule has 2 rings (SSSR count). The Morgan fingerprint density at radius 2 is 2.06 bits per heavy atom. The third-order valence-corrected chi connectivity index (χ3v) is 3.32. The second-order valence-electron chi connectivity index (χ2n) is 4.79. The van der Waals surface area contributed by atoms with Gasteiger partial charge >= 0.3 is 0 Å². The van der Waals surface area contributed by atoms with Crippen LogP contribution in [-0.4, -0.2) is 42.6 Å². The van der Waals surface area contributed by atoms with Gasteiger partial charge in [-0.25, -0.2) is 4.98 Å². The molecule has 0 unspecified atom stereocenters. The number of nitrogens with zero attached hydrogens (tertiary/aromatic N) is 2. The monoisotopic (exact) mass is 248 g/mol. The maximum atomic E-state index is 4.27. The first kappa shape index (κ1) is 13.1. The summed E-state index contributed by atoms with van der Waals surface area (Å²) < 4.78 is 0. The topological polar surface area (TPSA) is 40.2 Å². The standard InChI is InChI=1S/C14H24N4/c1-2-15-14-12-13(6-7-17-14)16-8-11-18-9-4-3-5-10-18/h6-7,12H,2-5,8-11H2,1H3,(H2,15,16,17). The van der Waals surface area contributed by atoms with E-state index in [0.29, 0.717) is 0 Å². The van der Waals surface area contributed by atoms with Gasteiger partial charge in [0.25, 0.3) is 0 Å². The van der Waals surface area contributed by atoms with Gasteiger partial charge in [0.05, 0.1) is 0 Å². The lowest BCUT2D eigenvalue weighted by Crippen LogP contribution is -2.33. The minimum atomic E-state index is 0.907. The van der Waals surface area contributed by atoms with Crippen molar-refractivity contribution in [1.82, 2.24) is 9.88 Å². The number of aromatic nitrogens is 1. The summed E-state index contributed by atoms with van der Waals surface area (Å²) in [5.74, 6) is 0.945. The first-order valence-electron chi connectivity index (χ1n) is 7.04. The van der Waals surface area contributed by atoms with Gasteiger partial charge in [-0.2, -0.15) is 0 Å². The van der Waals surface area contributed by atoms with Gasteiger partial charge < -0.3 is 15.5 Å². The Morgan fingerprint density at radius 3 is 2.83 bits per heavy atom. The molecule has 0 saturated carbocycles. The van der Waals surface area contributed by atoms with Crippen molar-refractivity contribution in [3.63, 3.8) is 0 Å². The molecule has 1 aromatic rings. The number of hydrogen-bond donors (Lipinski definition) is 2. The number of hydrogen-bond acceptors (Lipinski definition) is 4. The number of nitrogens with one attached hydrogen (secondary N) is 2. The van der Waals surface area contributed by atoms with Gasteiger partial charge in [0, 0.05) is 37.6 Å². The van der Waals surface area contributed by atoms with E-state index in [4.69, 9.17) is 0 Å². The van der Waals surface area contributed by atoms with E-state index < -0.39 is 0 Å². The number of anilines is 2. The van der Waals surface area contributed by atoms with Gasteiger partial charge in [-0.15, -0.1) is 0 Å². The fraction of sp³-hybridized carbons (Fsp3) is 0.643. The smallest absolute Gasteiger partial charge is 0.127 e. The SMILES string of the molecule is CCNc1cc(NCCN2CCCCC2)ccn1. The number of pyridine rings is 1. The first-order chi connectivity index (χ1) is 8.88. The van der Waals surface area contributed by atoms with Crippen LogP contribution in [0.25, 0.3) is 0 Å². The van der Waals surface area contributed by atoms with E-state index >= 15 is 0 Å². The van der Waals surface area contributed by atoms with E-state index in [1.165, 1.54) is 32.4 Å². The predicted octanol–water partition coefficient (Wildman–Crippen LogP) is 2.41. The molecule has 0 atom stereocenters. The largest absolute Gasteiger partial charge is 0.384 e. The van der Waals surface area contributed by atoms with E-state index in [2.05, 4.69) is 33.5 Å². The number of piperidine rings is 1. The van der Waals surface area contributed by atoms with Crippen LogP contribution in [0.15, 0.2) is 18.3 Å². The van der Waals surface area contributed by atoms with Crippen LogP contribution in [0.1, 0.15) is 26.2 Å². The van der Waals surface area contributed by atoms with E-state index in [1.807, 2.05) is 12.3 Å². The van der Waals surface area contributed by atoms with Gasteiger partial charge in [0.15, 0.2) is 0 Å². The minimum absolute atomic E-state index is 0.907. The summed E-state index contributed by atoms with van der Waals surface area (Å²) in [5, 5.41) is 6.70. The summed E-state index contributed by atoms with van der Waals surface area (Å²) in [7, 11) is 0. The summed E-state index contributed by atoms with van der Waals surface area (Å²) in [6, 6.07) is 4.09. The molecule has 18 heavy (non-hydrogen) atoms. The van der Waals surface area contributed by atoms with Crippen molar-refractivity contribution in [2.45, 2.75) is 26.2 Å². The van der Waals surface area contributed by atoms with Gasteiger partial charge in [-0.05, 0) is 38.9 Å². The lowest BCUT2D eigenvalue weighted by molar-refractivity contribution is 0.237. The minimum Gasteiger partial charge on any atom is -0.384 e. The zero-order chi connectivity index (χ0) is 12.6. The number of rotatable bonds is 6. The normalized spacial score (nSPS) is 16.5. The highest BCUT2D eigenvalue weighted by Gasteiger charge is 2.08. The van der Waals surface area contributed by atoms with Crippen molar-refractivity contribution in [1.29, 1.82) is 0 Å². The maximum Gasteiger partial charge on any atom is 0.127 e. The molecule has 4 heteroatoms. The van der Waals surface area contributed by atoms with Gasteiger partial charge in [-0.3, -0.25) is 0 Å². The summed E-state index contributed by atoms with van der Waals surface area (Å²) in [5.41, 5.74) is 1.15. The Bertz CT molecular complexity index is 347. The molecule has 0 radical (unpaired) electrons. The Kier molecular flexibility index (Phi) is 5.27. The quantitative estimate of drug-likeness (QED) is 0.811. The van der Waals surface area contributed by atoms with Crippen molar-refractivity contribution in [2.75, 3.05) is 43.4 Å². The maximum absolute atomic E-state index is 4.27. The molecule has 1 fully saturated rings. The fourth-order valence-electron chi connectivity index (χ4n) is 2.36. The van der Waals surface area contributed by atoms with Gasteiger partial charge in [-0.1, -0.05) is 6.42 Å². The van der Waals surface area contributed by atoms with Crippen LogP contribution in [0.2, 0.25) is 0 Å². The van der Waals surface area contributed by atoms with E-state index in [-0.39, 0.29) is 0 Å². The highest BCUT2D eigenvalue weighted by Crippen LogP contribution is 2.12. The average Bonchev–Trinajstić information content (AvgIpc) is 2.41. The van der Waals surface area contributed by atoms with Crippen LogP contribution in [0.5, 0.6) is 0 Å². The van der Waals surface area contributed by atoms with Crippen LogP contribution >= 0.6 is 0 Å². The highest BCUT2D eigenvalue weighted by atomic mass is 15.1. The molecule has 1 aliphatic rings. The van der Waals surface area contributed by atoms with Crippen LogP contribution in [-0.2, 0) is 0 Å². The van der Waals surface area contributed by atoms with Gasteiger partial charge in [0.2, 0.25) is 0 Å². The average molecular weight is 248 g/mol. The molecule has 2 heterocycles. The molecule has 1 aromatic heterocycles. The molecule has 0 spiro atoms. The number of likely N-dealkylation sites (tertiary alicyclic amines) is 1. The molecule has 0 amide bonds. The zero-order valence-corrected chi connectivity index (χ0v) is 11.3. The summed E-state index contributed by atoms with van der Waals surface area (Å²) in [6.07, 6.45) is 5.97. The van der Waals surface area contributed by atoms with Gasteiger partial charge in [0.1, 0.15) is 5.82 Å². The lowest BCUT2D eigenvalue weighted by atomic mass is 10.1. The van der Waals surface area contributed by atoms with E-state index in [0.717, 1.165) is 31.1 Å². The molecule has 2 N–H and O–H groups in total. The van der Waals surface area contributed by atoms with Crippen LogP contribution in [0.3, 0.4) is 0 Å².